The standard InChI is InChI=1S/C19H22NO4PS/c1-3-5-12-7-8-13-10-15-18(20-16(13)9-12)14(6-4-2)11-17(19(15)21)24-25(22,23)26/h7-11,17H,3-6H2,1-2H3,(H2,22,23,26). The Morgan fingerprint density at radius 1 is 1.19 bits per heavy atom. The first-order chi connectivity index (χ1) is 12.3. The van der Waals surface area contributed by atoms with E-state index in [4.69, 9.17) is 9.51 Å². The molecule has 0 aliphatic heterocycles. The number of Topliss-reactive ketones (excluding diaryl/α,β-unsaturated/α-hetero) is 1. The number of pyridine rings is 1. The van der Waals surface area contributed by atoms with Crippen LogP contribution >= 0.6 is 6.72 Å². The third kappa shape index (κ3) is 4.11. The van der Waals surface area contributed by atoms with Gasteiger partial charge in [-0.3, -0.25) is 9.32 Å². The van der Waals surface area contributed by atoms with E-state index in [1.165, 1.54) is 5.56 Å². The summed E-state index contributed by atoms with van der Waals surface area (Å²) < 4.78 is 5.07. The lowest BCUT2D eigenvalue weighted by molar-refractivity contribution is 0.0825. The van der Waals surface area contributed by atoms with Gasteiger partial charge in [0.2, 0.25) is 0 Å². The van der Waals surface area contributed by atoms with E-state index in [0.29, 0.717) is 17.7 Å². The van der Waals surface area contributed by atoms with Crippen LogP contribution in [0.15, 0.2) is 30.3 Å². The Hall–Kier alpha value is -1.43. The van der Waals surface area contributed by atoms with Crippen LogP contribution < -0.4 is 0 Å². The molecule has 1 heterocycles. The van der Waals surface area contributed by atoms with Gasteiger partial charge in [-0.2, -0.15) is 0 Å². The summed E-state index contributed by atoms with van der Waals surface area (Å²) >= 11 is 4.54. The molecule has 2 aromatic rings. The molecule has 7 heteroatoms. The van der Waals surface area contributed by atoms with Crippen LogP contribution in [0.5, 0.6) is 0 Å². The summed E-state index contributed by atoms with van der Waals surface area (Å²) in [5, 5.41) is 0.876. The smallest absolute Gasteiger partial charge is 0.322 e. The van der Waals surface area contributed by atoms with Gasteiger partial charge >= 0.3 is 6.72 Å². The van der Waals surface area contributed by atoms with E-state index in [2.05, 4.69) is 24.8 Å². The van der Waals surface area contributed by atoms with Crippen molar-refractivity contribution in [2.75, 3.05) is 0 Å². The summed E-state index contributed by atoms with van der Waals surface area (Å²) in [6.45, 7) is 0.228. The molecule has 0 spiro atoms. The second kappa shape index (κ2) is 7.67. The third-order valence-corrected chi connectivity index (χ3v) is 5.13. The largest absolute Gasteiger partial charge is 0.325 e. The fourth-order valence-corrected chi connectivity index (χ4v) is 4.01. The van der Waals surface area contributed by atoms with Gasteiger partial charge in [-0.05, 0) is 54.0 Å². The Labute approximate surface area is 158 Å². The second-order valence-corrected chi connectivity index (χ2v) is 9.10. The molecule has 1 aromatic heterocycles. The molecule has 1 aliphatic rings. The summed E-state index contributed by atoms with van der Waals surface area (Å²) in [5.74, 6) is -0.343. The van der Waals surface area contributed by atoms with Crippen LogP contribution in [0.4, 0.5) is 0 Å². The van der Waals surface area contributed by atoms with Crippen molar-refractivity contribution in [2.24, 2.45) is 0 Å². The maximum Gasteiger partial charge on any atom is 0.322 e. The molecule has 0 saturated carbocycles. The van der Waals surface area contributed by atoms with Crippen molar-refractivity contribution in [3.8, 4) is 0 Å². The Balaban J connectivity index is 2.12. The molecular formula is C19H22NO4PS. The van der Waals surface area contributed by atoms with Crippen molar-refractivity contribution in [1.82, 2.24) is 4.98 Å². The lowest BCUT2D eigenvalue weighted by atomic mass is 9.89. The van der Waals surface area contributed by atoms with Crippen LogP contribution in [0.1, 0.15) is 54.7 Å². The summed E-state index contributed by atoms with van der Waals surface area (Å²) in [6, 6.07) is 7.90. The average molecular weight is 391 g/mol. The summed E-state index contributed by atoms with van der Waals surface area (Å²) in [7, 11) is 0. The van der Waals surface area contributed by atoms with Crippen molar-refractivity contribution in [1.29, 1.82) is 0 Å². The van der Waals surface area contributed by atoms with Crippen molar-refractivity contribution < 1.29 is 19.1 Å². The van der Waals surface area contributed by atoms with Crippen molar-refractivity contribution >= 4 is 40.8 Å². The Kier molecular flexibility index (Phi) is 5.70. The summed E-state index contributed by atoms with van der Waals surface area (Å²) in [6.07, 6.45) is 4.17. The maximum atomic E-state index is 12.8. The predicted octanol–water partition coefficient (Wildman–Crippen LogP) is 4.16. The van der Waals surface area contributed by atoms with E-state index in [1.54, 1.807) is 6.08 Å². The highest BCUT2D eigenvalue weighted by Crippen LogP contribution is 2.42. The summed E-state index contributed by atoms with van der Waals surface area (Å²) in [5.41, 5.74) is 4.05. The van der Waals surface area contributed by atoms with Crippen molar-refractivity contribution in [3.05, 3.63) is 47.2 Å². The number of hydrogen-bond acceptors (Lipinski definition) is 4. The maximum absolute atomic E-state index is 12.8. The number of aryl methyl sites for hydroxylation is 1. The van der Waals surface area contributed by atoms with Crippen molar-refractivity contribution in [2.45, 2.75) is 45.6 Å². The number of rotatable bonds is 6. The zero-order valence-electron chi connectivity index (χ0n) is 14.8. The average Bonchev–Trinajstić information content (AvgIpc) is 2.57. The van der Waals surface area contributed by atoms with Gasteiger partial charge in [0.05, 0.1) is 11.2 Å². The summed E-state index contributed by atoms with van der Waals surface area (Å²) in [4.78, 5) is 36.5. The molecule has 1 aliphatic carbocycles. The minimum atomic E-state index is -3.94. The lowest BCUT2D eigenvalue weighted by Crippen LogP contribution is -2.27. The van der Waals surface area contributed by atoms with Crippen LogP contribution in [-0.2, 0) is 22.8 Å². The van der Waals surface area contributed by atoms with E-state index in [9.17, 15) is 14.6 Å². The number of allylic oxidation sites excluding steroid dienone is 1. The molecule has 0 radical (unpaired) electrons. The molecule has 1 atom stereocenters. The zero-order valence-corrected chi connectivity index (χ0v) is 16.5. The number of carbonyl (C=O) groups is 1. The van der Waals surface area contributed by atoms with E-state index >= 15 is 0 Å². The van der Waals surface area contributed by atoms with E-state index in [-0.39, 0.29) is 5.78 Å². The van der Waals surface area contributed by atoms with Gasteiger partial charge in [0.15, 0.2) is 5.78 Å². The quantitative estimate of drug-likeness (QED) is 0.720. The van der Waals surface area contributed by atoms with E-state index < -0.39 is 12.8 Å². The minimum absolute atomic E-state index is 0.343. The number of benzene rings is 1. The normalized spacial score (nSPS) is 17.3. The molecule has 0 bridgehead atoms. The molecule has 2 N–H and O–H groups in total. The van der Waals surface area contributed by atoms with E-state index in [1.807, 2.05) is 25.1 Å². The molecule has 1 unspecified atom stereocenters. The first-order valence-corrected chi connectivity index (χ1v) is 11.4. The zero-order chi connectivity index (χ0) is 18.9. The Morgan fingerprint density at radius 2 is 1.92 bits per heavy atom. The molecular weight excluding hydrogens is 369 g/mol. The van der Waals surface area contributed by atoms with Gasteiger partial charge < -0.3 is 9.79 Å². The molecule has 138 valence electrons. The lowest BCUT2D eigenvalue weighted by Gasteiger charge is -2.24. The Bertz CT molecular complexity index is 935. The van der Waals surface area contributed by atoms with Crippen LogP contribution in [0.25, 0.3) is 16.5 Å². The van der Waals surface area contributed by atoms with Crippen LogP contribution in [0.3, 0.4) is 0 Å². The molecule has 1 aromatic carbocycles. The van der Waals surface area contributed by atoms with Crippen LogP contribution in [0.2, 0.25) is 0 Å². The van der Waals surface area contributed by atoms with Gasteiger partial charge in [0, 0.05) is 10.9 Å². The molecule has 3 rings (SSSR count). The number of carbonyl (C=O) groups excluding carboxylic acids is 1. The van der Waals surface area contributed by atoms with Gasteiger partial charge in [0.25, 0.3) is 0 Å². The molecule has 0 fully saturated rings. The topological polar surface area (TPSA) is 79.6 Å². The molecule has 0 amide bonds. The van der Waals surface area contributed by atoms with Gasteiger partial charge in [-0.15, -0.1) is 0 Å². The van der Waals surface area contributed by atoms with Crippen LogP contribution in [0, 0.1) is 0 Å². The SMILES string of the molecule is CCCC1=CC(OP(O)(O)=S)C(=O)c2cc3ccc(CCC)cc3nc21. The number of fused-ring (bicyclic) bond motifs is 2. The highest BCUT2D eigenvalue weighted by Gasteiger charge is 2.32. The molecule has 26 heavy (non-hydrogen) atoms. The first kappa shape index (κ1) is 19.3. The third-order valence-electron chi connectivity index (χ3n) is 4.37. The predicted molar refractivity (Wildman–Crippen MR) is 107 cm³/mol. The highest BCUT2D eigenvalue weighted by atomic mass is 32.5. The van der Waals surface area contributed by atoms with Crippen molar-refractivity contribution in [3.63, 3.8) is 0 Å². The van der Waals surface area contributed by atoms with Gasteiger partial charge in [0.1, 0.15) is 6.10 Å². The number of ketones is 1. The first-order valence-electron chi connectivity index (χ1n) is 8.75. The number of aromatic nitrogens is 1. The van der Waals surface area contributed by atoms with Gasteiger partial charge in [-0.25, -0.2) is 4.98 Å². The fourth-order valence-electron chi connectivity index (χ4n) is 3.28. The number of nitrogens with zero attached hydrogens (tertiary/aromatic N) is 1. The second-order valence-electron chi connectivity index (χ2n) is 6.48. The van der Waals surface area contributed by atoms with Gasteiger partial charge in [-0.1, -0.05) is 38.8 Å². The molecule has 0 saturated heterocycles. The fraction of sp³-hybridized carbons (Fsp3) is 0.368. The Morgan fingerprint density at radius 3 is 2.58 bits per heavy atom. The highest BCUT2D eigenvalue weighted by molar-refractivity contribution is 8.06. The minimum Gasteiger partial charge on any atom is -0.325 e. The van der Waals surface area contributed by atoms with E-state index in [0.717, 1.165) is 35.7 Å². The monoisotopic (exact) mass is 391 g/mol. The van der Waals surface area contributed by atoms with Crippen LogP contribution in [-0.4, -0.2) is 26.7 Å². The molecule has 5 nitrogen and oxygen atoms in total. The number of hydrogen-bond donors (Lipinski definition) is 2.